The molecule has 46 heavy (non-hydrogen) atoms. The van der Waals surface area contributed by atoms with E-state index in [-0.39, 0.29) is 16.3 Å². The van der Waals surface area contributed by atoms with Crippen molar-refractivity contribution in [2.24, 2.45) is 0 Å². The minimum Gasteiger partial charge on any atom is -0.281 e. The van der Waals surface area contributed by atoms with Crippen LogP contribution in [0.25, 0.3) is 0 Å². The Bertz CT molecular complexity index is 967. The lowest BCUT2D eigenvalue weighted by molar-refractivity contribution is -0.563. The van der Waals surface area contributed by atoms with Gasteiger partial charge in [-0.3, -0.25) is 18.9 Å². The summed E-state index contributed by atoms with van der Waals surface area (Å²) in [5, 5.41) is 0. The highest BCUT2D eigenvalue weighted by atomic mass is 28.3. The van der Waals surface area contributed by atoms with Gasteiger partial charge in [0.05, 0.1) is 0 Å². The third-order valence-electron chi connectivity index (χ3n) is 4.92. The fraction of sp³-hybridized carbons (Fsp3) is 1.00. The van der Waals surface area contributed by atoms with E-state index in [9.17, 15) is 105 Å². The molecule has 0 amide bonds. The second-order valence-corrected chi connectivity index (χ2v) is 12.6. The van der Waals surface area contributed by atoms with Gasteiger partial charge in [0.15, 0.2) is 0 Å². The van der Waals surface area contributed by atoms with E-state index in [1.165, 1.54) is 4.74 Å². The molecule has 0 aromatic rings. The summed E-state index contributed by atoms with van der Waals surface area (Å²) in [6, 6.07) is -3.52. The molecule has 0 bridgehead atoms. The Hall–Kier alpha value is -1.41. The van der Waals surface area contributed by atoms with Gasteiger partial charge in [0, 0.05) is 23.1 Å². The largest absolute Gasteiger partial charge is 0.458 e. The SMILES string of the molecule is FC(CC[SiH3])OC(F)(F)C(F)OC(F)(F)C(F)(F)OC(F)(C(F)(F)F)C(F)(F)OC(F)(CC[SiH](C(F)(F)F)C(F)(F)F)C(F)(F)F. The highest BCUT2D eigenvalue weighted by Gasteiger charge is 2.83. The summed E-state index contributed by atoms with van der Waals surface area (Å²) in [6.07, 6.45) is -58.8. The average molecular weight is 782 g/mol. The first-order valence-electron chi connectivity index (χ1n) is 11.0. The van der Waals surface area contributed by atoms with Crippen molar-refractivity contribution < 1.29 is 124 Å². The predicted molar refractivity (Wildman–Crippen MR) is 102 cm³/mol. The van der Waals surface area contributed by atoms with Crippen LogP contribution in [0.4, 0.5) is 105 Å². The van der Waals surface area contributed by atoms with Crippen LogP contribution >= 0.6 is 0 Å². The molecule has 278 valence electrons. The summed E-state index contributed by atoms with van der Waals surface area (Å²) < 4.78 is 327. The first-order chi connectivity index (χ1) is 19.8. The van der Waals surface area contributed by atoms with Gasteiger partial charge >= 0.3 is 60.1 Å². The maximum absolute atomic E-state index is 14.3. The van der Waals surface area contributed by atoms with Crippen LogP contribution < -0.4 is 0 Å². The van der Waals surface area contributed by atoms with Crippen LogP contribution in [0.1, 0.15) is 12.8 Å². The molecule has 4 nitrogen and oxygen atoms in total. The van der Waals surface area contributed by atoms with Gasteiger partial charge in [0.1, 0.15) is 0 Å². The maximum Gasteiger partial charge on any atom is 0.458 e. The fourth-order valence-electron chi connectivity index (χ4n) is 2.66. The molecule has 0 aliphatic carbocycles. The molecule has 0 aliphatic rings. The van der Waals surface area contributed by atoms with E-state index in [2.05, 4.69) is 4.74 Å². The molecule has 30 heteroatoms. The fourth-order valence-corrected chi connectivity index (χ4v) is 4.80. The molecule has 4 atom stereocenters. The molecule has 0 aromatic carbocycles. The standard InChI is InChI=1S/C16H14F24O4Si2/c17-5(1-3-45)41-8(20,21)6(18)42-13(31,32)14(33,34)44-9(22,11(26,27)28)12(29,30)43-7(19,10(23,24)25)2-4-46(15(35,36)37)16(38,39)40/h5-6,46H,1-4H2,45H3. The lowest BCUT2D eigenvalue weighted by atomic mass is 10.2. The Morgan fingerprint density at radius 1 is 0.543 bits per heavy atom. The minimum atomic E-state index is -8.27. The third kappa shape index (κ3) is 10.5. The van der Waals surface area contributed by atoms with Gasteiger partial charge in [0.25, 0.3) is 15.2 Å². The molecule has 0 spiro atoms. The Morgan fingerprint density at radius 3 is 1.33 bits per heavy atom. The third-order valence-corrected chi connectivity index (χ3v) is 7.94. The highest BCUT2D eigenvalue weighted by Crippen LogP contribution is 2.56. The maximum atomic E-state index is 14.3. The molecule has 0 N–H and O–H groups in total. The Morgan fingerprint density at radius 2 is 0.978 bits per heavy atom. The lowest BCUT2D eigenvalue weighted by Gasteiger charge is -2.40. The van der Waals surface area contributed by atoms with Gasteiger partial charge in [-0.05, 0) is 6.04 Å². The van der Waals surface area contributed by atoms with E-state index in [0.29, 0.717) is 0 Å². The molecular formula is C16H14F24O4Si2. The first kappa shape index (κ1) is 44.6. The van der Waals surface area contributed by atoms with Gasteiger partial charge < -0.3 is 0 Å². The topological polar surface area (TPSA) is 36.9 Å². The number of alkyl halides is 24. The Labute approximate surface area is 242 Å². The number of halogens is 24. The molecule has 0 radical (unpaired) electrons. The summed E-state index contributed by atoms with van der Waals surface area (Å²) in [5.41, 5.74) is 0. The highest BCUT2D eigenvalue weighted by molar-refractivity contribution is 6.63. The van der Waals surface area contributed by atoms with Gasteiger partial charge in [-0.1, -0.05) is 6.04 Å². The second kappa shape index (κ2) is 13.8. The van der Waals surface area contributed by atoms with E-state index in [0.717, 1.165) is 0 Å². The van der Waals surface area contributed by atoms with Gasteiger partial charge in [0.2, 0.25) is 6.36 Å². The molecule has 0 aromatic heterocycles. The van der Waals surface area contributed by atoms with Crippen LogP contribution in [-0.2, 0) is 18.9 Å². The van der Waals surface area contributed by atoms with E-state index < -0.39 is 100 Å². The van der Waals surface area contributed by atoms with Crippen molar-refractivity contribution >= 4 is 19.0 Å². The van der Waals surface area contributed by atoms with Crippen molar-refractivity contribution in [3.05, 3.63) is 0 Å². The Balaban J connectivity index is 6.65. The van der Waals surface area contributed by atoms with Gasteiger partial charge in [-0.25, -0.2) is 13.2 Å². The zero-order valence-electron chi connectivity index (χ0n) is 21.3. The summed E-state index contributed by atoms with van der Waals surface area (Å²) in [4.78, 5) is 0. The molecule has 0 fully saturated rings. The molecule has 0 aliphatic heterocycles. The van der Waals surface area contributed by atoms with Gasteiger partial charge in [-0.2, -0.15) is 92.2 Å². The number of ether oxygens (including phenoxy) is 4. The second-order valence-electron chi connectivity index (χ2n) is 8.56. The van der Waals surface area contributed by atoms with E-state index >= 15 is 0 Å². The molecular weight excluding hydrogens is 768 g/mol. The van der Waals surface area contributed by atoms with Crippen LogP contribution in [0, 0.1) is 0 Å². The molecule has 0 saturated heterocycles. The predicted octanol–water partition coefficient (Wildman–Crippen LogP) is 7.47. The number of hydrogen-bond donors (Lipinski definition) is 0. The van der Waals surface area contributed by atoms with Crippen molar-refractivity contribution in [2.75, 3.05) is 0 Å². The summed E-state index contributed by atoms with van der Waals surface area (Å²) in [5.74, 6) is -28.3. The Kier molecular flexibility index (Phi) is 13.4. The zero-order chi connectivity index (χ0) is 37.4. The van der Waals surface area contributed by atoms with E-state index in [4.69, 9.17) is 0 Å². The van der Waals surface area contributed by atoms with Crippen molar-refractivity contribution in [1.82, 2.24) is 0 Å². The van der Waals surface area contributed by atoms with Crippen molar-refractivity contribution in [2.45, 2.75) is 97.7 Å². The van der Waals surface area contributed by atoms with Crippen molar-refractivity contribution in [3.8, 4) is 0 Å². The number of rotatable bonds is 16. The summed E-state index contributed by atoms with van der Waals surface area (Å²) in [7, 11) is -6.76. The minimum absolute atomic E-state index is 0.0398. The van der Waals surface area contributed by atoms with Crippen LogP contribution in [0.2, 0.25) is 12.1 Å². The van der Waals surface area contributed by atoms with Gasteiger partial charge in [-0.15, -0.1) is 0 Å². The molecule has 0 heterocycles. The zero-order valence-corrected chi connectivity index (χ0v) is 24.4. The summed E-state index contributed by atoms with van der Waals surface area (Å²) >= 11 is 0. The van der Waals surface area contributed by atoms with Crippen LogP contribution in [-0.4, -0.2) is 91.9 Å². The molecule has 0 rings (SSSR count). The molecule has 0 saturated carbocycles. The monoisotopic (exact) mass is 782 g/mol. The van der Waals surface area contributed by atoms with Crippen molar-refractivity contribution in [1.29, 1.82) is 0 Å². The first-order valence-corrected chi connectivity index (χ1v) is 14.4. The van der Waals surface area contributed by atoms with Crippen LogP contribution in [0.15, 0.2) is 0 Å². The molecule has 4 unspecified atom stereocenters. The van der Waals surface area contributed by atoms with Crippen LogP contribution in [0.5, 0.6) is 0 Å². The average Bonchev–Trinajstić information content (AvgIpc) is 2.74. The van der Waals surface area contributed by atoms with Crippen molar-refractivity contribution in [3.63, 3.8) is 0 Å². The smallest absolute Gasteiger partial charge is 0.281 e. The normalized spacial score (nSPS) is 19.2. The quantitative estimate of drug-likeness (QED) is 0.120. The lowest BCUT2D eigenvalue weighted by Crippen LogP contribution is -2.66. The number of hydrogen-bond acceptors (Lipinski definition) is 4. The summed E-state index contributed by atoms with van der Waals surface area (Å²) in [6.45, 7) is 0. The van der Waals surface area contributed by atoms with E-state index in [1.54, 1.807) is 4.74 Å². The van der Waals surface area contributed by atoms with Crippen LogP contribution in [0.3, 0.4) is 0 Å². The van der Waals surface area contributed by atoms with E-state index in [1.807, 2.05) is 4.74 Å².